The molecule has 0 aliphatic rings. The van der Waals surface area contributed by atoms with Crippen LogP contribution >= 0.6 is 31.9 Å². The molecule has 0 amide bonds. The van der Waals surface area contributed by atoms with Crippen molar-refractivity contribution < 1.29 is 13.9 Å². The number of hydrogen-bond acceptors (Lipinski definition) is 2. The van der Waals surface area contributed by atoms with E-state index in [1.165, 1.54) is 6.07 Å². The number of hydrogen-bond donors (Lipinski definition) is 0. The van der Waals surface area contributed by atoms with E-state index in [1.807, 2.05) is 0 Å². The van der Waals surface area contributed by atoms with Crippen molar-refractivity contribution >= 4 is 38.1 Å². The van der Waals surface area contributed by atoms with E-state index in [4.69, 9.17) is 4.74 Å². The first kappa shape index (κ1) is 13.2. The van der Waals surface area contributed by atoms with Gasteiger partial charge < -0.3 is 4.74 Å². The molecule has 0 spiro atoms. The van der Waals surface area contributed by atoms with Crippen LogP contribution in [0.25, 0.3) is 0 Å². The van der Waals surface area contributed by atoms with Crippen LogP contribution in [0.2, 0.25) is 0 Å². The Morgan fingerprint density at radius 3 is 2.28 bits per heavy atom. The molecule has 0 fully saturated rings. The molecule has 2 rings (SSSR count). The predicted molar refractivity (Wildman–Crippen MR) is 73.7 cm³/mol. The van der Waals surface area contributed by atoms with Crippen LogP contribution in [0.1, 0.15) is 10.4 Å². The Kier molecular flexibility index (Phi) is 4.14. The van der Waals surface area contributed by atoms with Gasteiger partial charge in [-0.15, -0.1) is 0 Å². The maximum Gasteiger partial charge on any atom is 0.151 e. The monoisotopic (exact) mass is 372 g/mol. The average molecular weight is 374 g/mol. The van der Waals surface area contributed by atoms with Crippen LogP contribution in [-0.2, 0) is 0 Å². The number of benzene rings is 2. The molecular weight excluding hydrogens is 367 g/mol. The summed E-state index contributed by atoms with van der Waals surface area (Å²) < 4.78 is 19.8. The molecule has 5 heteroatoms. The SMILES string of the molecule is O=Cc1ccc(Oc2ccc(Br)c(F)c2)cc1Br. The van der Waals surface area contributed by atoms with Crippen molar-refractivity contribution in [3.05, 3.63) is 56.7 Å². The van der Waals surface area contributed by atoms with Gasteiger partial charge >= 0.3 is 0 Å². The fraction of sp³-hybridized carbons (Fsp3) is 0. The summed E-state index contributed by atoms with van der Waals surface area (Å²) >= 11 is 6.32. The number of carbonyl (C=O) groups is 1. The van der Waals surface area contributed by atoms with E-state index in [0.717, 1.165) is 6.29 Å². The van der Waals surface area contributed by atoms with Crippen molar-refractivity contribution in [3.8, 4) is 11.5 Å². The molecule has 0 saturated heterocycles. The number of ether oxygens (including phenoxy) is 1. The van der Waals surface area contributed by atoms with Gasteiger partial charge in [-0.2, -0.15) is 0 Å². The average Bonchev–Trinajstić information content (AvgIpc) is 2.34. The highest BCUT2D eigenvalue weighted by atomic mass is 79.9. The van der Waals surface area contributed by atoms with Crippen LogP contribution in [0, 0.1) is 5.82 Å². The summed E-state index contributed by atoms with van der Waals surface area (Å²) in [4.78, 5) is 10.7. The fourth-order valence-corrected chi connectivity index (χ4v) is 2.04. The van der Waals surface area contributed by atoms with Gasteiger partial charge in [0.2, 0.25) is 0 Å². The summed E-state index contributed by atoms with van der Waals surface area (Å²) in [7, 11) is 0. The molecule has 2 nitrogen and oxygen atoms in total. The molecule has 0 aliphatic carbocycles. The second-order valence-corrected chi connectivity index (χ2v) is 5.19. The fourth-order valence-electron chi connectivity index (χ4n) is 1.34. The number of carbonyl (C=O) groups excluding carboxylic acids is 1. The normalized spacial score (nSPS) is 10.2. The maximum atomic E-state index is 13.3. The molecule has 18 heavy (non-hydrogen) atoms. The lowest BCUT2D eigenvalue weighted by molar-refractivity contribution is 0.112. The van der Waals surface area contributed by atoms with Gasteiger partial charge in [-0.1, -0.05) is 0 Å². The molecule has 0 aromatic heterocycles. The standard InChI is InChI=1S/C13H7Br2FO2/c14-11-4-3-10(6-13(11)16)18-9-2-1-8(7-17)12(15)5-9/h1-7H. The molecular formula is C13H7Br2FO2. The minimum absolute atomic E-state index is 0.382. The zero-order valence-electron chi connectivity index (χ0n) is 8.99. The lowest BCUT2D eigenvalue weighted by Gasteiger charge is -2.07. The Bertz CT molecular complexity index is 600. The van der Waals surface area contributed by atoms with Crippen molar-refractivity contribution in [1.82, 2.24) is 0 Å². The van der Waals surface area contributed by atoms with Crippen molar-refractivity contribution in [2.75, 3.05) is 0 Å². The lowest BCUT2D eigenvalue weighted by atomic mass is 10.2. The Labute approximate surface area is 120 Å². The van der Waals surface area contributed by atoms with E-state index in [-0.39, 0.29) is 0 Å². The van der Waals surface area contributed by atoms with E-state index in [9.17, 15) is 9.18 Å². The van der Waals surface area contributed by atoms with Crippen LogP contribution in [-0.4, -0.2) is 6.29 Å². The van der Waals surface area contributed by atoms with Gasteiger partial charge in [0.05, 0.1) is 4.47 Å². The van der Waals surface area contributed by atoms with Gasteiger partial charge in [0.25, 0.3) is 0 Å². The number of aldehydes is 1. The third kappa shape index (κ3) is 2.97. The zero-order chi connectivity index (χ0) is 13.1. The van der Waals surface area contributed by atoms with Crippen molar-refractivity contribution in [2.45, 2.75) is 0 Å². The van der Waals surface area contributed by atoms with Gasteiger partial charge in [-0.05, 0) is 62.2 Å². The first-order valence-electron chi connectivity index (χ1n) is 4.98. The molecule has 0 unspecified atom stereocenters. The Morgan fingerprint density at radius 1 is 1.00 bits per heavy atom. The summed E-state index contributed by atoms with van der Waals surface area (Å²) in [5, 5.41) is 0. The van der Waals surface area contributed by atoms with E-state index in [0.29, 0.717) is 26.0 Å². The zero-order valence-corrected chi connectivity index (χ0v) is 12.2. The number of halogens is 3. The van der Waals surface area contributed by atoms with Crippen molar-refractivity contribution in [3.63, 3.8) is 0 Å². The molecule has 0 bridgehead atoms. The summed E-state index contributed by atoms with van der Waals surface area (Å²) in [6, 6.07) is 9.43. The van der Waals surface area contributed by atoms with Gasteiger partial charge in [0, 0.05) is 16.1 Å². The molecule has 0 aliphatic heterocycles. The largest absolute Gasteiger partial charge is 0.457 e. The third-order valence-electron chi connectivity index (χ3n) is 2.23. The number of rotatable bonds is 3. The third-order valence-corrected chi connectivity index (χ3v) is 3.56. The van der Waals surface area contributed by atoms with Crippen molar-refractivity contribution in [1.29, 1.82) is 0 Å². The highest BCUT2D eigenvalue weighted by Gasteiger charge is 2.05. The Hall–Kier alpha value is -1.20. The maximum absolute atomic E-state index is 13.3. The minimum atomic E-state index is -0.393. The van der Waals surface area contributed by atoms with Gasteiger partial charge in [-0.3, -0.25) is 4.79 Å². The van der Waals surface area contributed by atoms with E-state index in [2.05, 4.69) is 31.9 Å². The minimum Gasteiger partial charge on any atom is -0.457 e. The molecule has 0 heterocycles. The quantitative estimate of drug-likeness (QED) is 0.711. The Balaban J connectivity index is 2.25. The molecule has 2 aromatic carbocycles. The van der Waals surface area contributed by atoms with Crippen LogP contribution in [0.3, 0.4) is 0 Å². The smallest absolute Gasteiger partial charge is 0.151 e. The predicted octanol–water partition coefficient (Wildman–Crippen LogP) is 4.96. The second-order valence-electron chi connectivity index (χ2n) is 3.48. The summed E-state index contributed by atoms with van der Waals surface area (Å²) in [5.41, 5.74) is 0.532. The van der Waals surface area contributed by atoms with E-state index < -0.39 is 5.82 Å². The van der Waals surface area contributed by atoms with E-state index in [1.54, 1.807) is 30.3 Å². The van der Waals surface area contributed by atoms with Gasteiger partial charge in [0.1, 0.15) is 17.3 Å². The van der Waals surface area contributed by atoms with Crippen LogP contribution < -0.4 is 4.74 Å². The van der Waals surface area contributed by atoms with Gasteiger partial charge in [-0.25, -0.2) is 4.39 Å². The van der Waals surface area contributed by atoms with Crippen molar-refractivity contribution in [2.24, 2.45) is 0 Å². The lowest BCUT2D eigenvalue weighted by Crippen LogP contribution is -1.88. The molecule has 0 atom stereocenters. The first-order valence-corrected chi connectivity index (χ1v) is 6.56. The highest BCUT2D eigenvalue weighted by Crippen LogP contribution is 2.28. The Morgan fingerprint density at radius 2 is 1.67 bits per heavy atom. The van der Waals surface area contributed by atoms with Gasteiger partial charge in [0.15, 0.2) is 6.29 Å². The van der Waals surface area contributed by atoms with Crippen LogP contribution in [0.4, 0.5) is 4.39 Å². The topological polar surface area (TPSA) is 26.3 Å². The van der Waals surface area contributed by atoms with Crippen LogP contribution in [0.15, 0.2) is 45.3 Å². The highest BCUT2D eigenvalue weighted by molar-refractivity contribution is 9.10. The molecule has 0 saturated carbocycles. The summed E-state index contributed by atoms with van der Waals surface area (Å²) in [6.07, 6.45) is 0.743. The molecule has 92 valence electrons. The first-order chi connectivity index (χ1) is 8.60. The molecule has 0 radical (unpaired) electrons. The summed E-state index contributed by atoms with van der Waals surface area (Å²) in [5.74, 6) is 0.520. The molecule has 0 N–H and O–H groups in total. The molecule has 2 aromatic rings. The van der Waals surface area contributed by atoms with E-state index >= 15 is 0 Å². The second kappa shape index (κ2) is 5.63. The summed E-state index contributed by atoms with van der Waals surface area (Å²) in [6.45, 7) is 0. The van der Waals surface area contributed by atoms with Crippen LogP contribution in [0.5, 0.6) is 11.5 Å².